The van der Waals surface area contributed by atoms with Crippen molar-refractivity contribution in [2.45, 2.75) is 47.0 Å². The summed E-state index contributed by atoms with van der Waals surface area (Å²) in [6.07, 6.45) is 2.30. The Balaban J connectivity index is 1.84. The molecule has 6 heteroatoms. The highest BCUT2D eigenvalue weighted by atomic mass is 16.6. The zero-order valence-corrected chi connectivity index (χ0v) is 28.1. The molecule has 0 spiro atoms. The van der Waals surface area contributed by atoms with Gasteiger partial charge in [0.2, 0.25) is 0 Å². The SMILES string of the molecule is C=CC(=O)OCCOc1c(C2(c3cc(C)c(C)c(C)c3OCCOC(=O)C=C)c3ccccc3-c3ccccc32)cc(C)c(C)c1C. The van der Waals surface area contributed by atoms with Gasteiger partial charge in [0.15, 0.2) is 0 Å². The van der Waals surface area contributed by atoms with Crippen molar-refractivity contribution in [1.82, 2.24) is 0 Å². The fourth-order valence-corrected chi connectivity index (χ4v) is 6.70. The van der Waals surface area contributed by atoms with Gasteiger partial charge < -0.3 is 18.9 Å². The summed E-state index contributed by atoms with van der Waals surface area (Å²) in [7, 11) is 0. The molecule has 0 saturated carbocycles. The second kappa shape index (κ2) is 13.7. The molecule has 0 fully saturated rings. The molecule has 0 atom stereocenters. The lowest BCUT2D eigenvalue weighted by atomic mass is 9.65. The molecule has 0 radical (unpaired) electrons. The molecule has 0 heterocycles. The maximum atomic E-state index is 11.8. The molecule has 0 aliphatic heterocycles. The molecule has 0 saturated heterocycles. The quantitative estimate of drug-likeness (QED) is 0.0788. The summed E-state index contributed by atoms with van der Waals surface area (Å²) < 4.78 is 23.8. The molecular formula is C41H42O6. The van der Waals surface area contributed by atoms with Crippen LogP contribution in [0.4, 0.5) is 0 Å². The van der Waals surface area contributed by atoms with Crippen molar-refractivity contribution < 1.29 is 28.5 Å². The zero-order chi connectivity index (χ0) is 33.9. The summed E-state index contributed by atoms with van der Waals surface area (Å²) in [5, 5.41) is 0. The normalized spacial score (nSPS) is 12.5. The van der Waals surface area contributed by atoms with E-state index in [4.69, 9.17) is 18.9 Å². The van der Waals surface area contributed by atoms with E-state index in [0.29, 0.717) is 0 Å². The van der Waals surface area contributed by atoms with Gasteiger partial charge in [0.05, 0.1) is 5.41 Å². The number of hydrogen-bond donors (Lipinski definition) is 0. The minimum Gasteiger partial charge on any atom is -0.489 e. The Morgan fingerprint density at radius 2 is 0.957 bits per heavy atom. The molecule has 4 aromatic carbocycles. The van der Waals surface area contributed by atoms with Crippen molar-refractivity contribution in [1.29, 1.82) is 0 Å². The van der Waals surface area contributed by atoms with Crippen LogP contribution in [-0.2, 0) is 24.5 Å². The number of fused-ring (bicyclic) bond motifs is 3. The van der Waals surface area contributed by atoms with Gasteiger partial charge >= 0.3 is 11.9 Å². The molecule has 242 valence electrons. The van der Waals surface area contributed by atoms with Crippen molar-refractivity contribution in [3.63, 3.8) is 0 Å². The number of rotatable bonds is 12. The second-order valence-corrected chi connectivity index (χ2v) is 11.9. The summed E-state index contributed by atoms with van der Waals surface area (Å²) in [4.78, 5) is 23.6. The van der Waals surface area contributed by atoms with Crippen LogP contribution < -0.4 is 9.47 Å². The maximum Gasteiger partial charge on any atom is 0.330 e. The average molecular weight is 631 g/mol. The molecular weight excluding hydrogens is 588 g/mol. The van der Waals surface area contributed by atoms with Gasteiger partial charge in [0.25, 0.3) is 0 Å². The van der Waals surface area contributed by atoms with Crippen LogP contribution in [0.3, 0.4) is 0 Å². The van der Waals surface area contributed by atoms with Crippen molar-refractivity contribution in [2.24, 2.45) is 0 Å². The summed E-state index contributed by atoms with van der Waals surface area (Å²) in [6, 6.07) is 21.5. The molecule has 5 rings (SSSR count). The number of benzene rings is 4. The lowest BCUT2D eigenvalue weighted by Crippen LogP contribution is -2.32. The highest BCUT2D eigenvalue weighted by molar-refractivity contribution is 5.88. The lowest BCUT2D eigenvalue weighted by Gasteiger charge is -2.38. The van der Waals surface area contributed by atoms with Crippen molar-refractivity contribution in [2.75, 3.05) is 26.4 Å². The van der Waals surface area contributed by atoms with E-state index < -0.39 is 17.4 Å². The molecule has 1 aliphatic rings. The first-order valence-electron chi connectivity index (χ1n) is 15.8. The standard InChI is InChI=1S/C41H42O6/c1-9-37(42)44-19-21-46-39-29(7)27(5)25(3)23-35(39)41(33-17-13-11-15-31(33)32-16-12-14-18-34(32)41)36-24-26(4)28(6)30(8)40(36)47-22-20-45-38(43)10-2/h9-18,23-24H,1-2,19-22H2,3-8H3. The van der Waals surface area contributed by atoms with Crippen molar-refractivity contribution in [3.05, 3.63) is 142 Å². The smallest absolute Gasteiger partial charge is 0.330 e. The van der Waals surface area contributed by atoms with Gasteiger partial charge in [-0.1, -0.05) is 73.8 Å². The molecule has 0 bridgehead atoms. The van der Waals surface area contributed by atoms with Crippen LogP contribution in [0.2, 0.25) is 0 Å². The zero-order valence-electron chi connectivity index (χ0n) is 28.1. The average Bonchev–Trinajstić information content (AvgIpc) is 3.38. The van der Waals surface area contributed by atoms with Crippen LogP contribution in [0.15, 0.2) is 86.0 Å². The molecule has 1 aliphatic carbocycles. The first kappa shape index (κ1) is 33.3. The van der Waals surface area contributed by atoms with Crippen molar-refractivity contribution in [3.8, 4) is 22.6 Å². The first-order chi connectivity index (χ1) is 22.6. The van der Waals surface area contributed by atoms with E-state index in [0.717, 1.165) is 90.4 Å². The summed E-state index contributed by atoms with van der Waals surface area (Å²) in [6.45, 7) is 20.1. The summed E-state index contributed by atoms with van der Waals surface area (Å²) in [5.41, 5.74) is 12.1. The van der Waals surface area contributed by atoms with Gasteiger partial charge in [-0.3, -0.25) is 0 Å². The third-order valence-electron chi connectivity index (χ3n) is 9.44. The van der Waals surface area contributed by atoms with Gasteiger partial charge in [-0.15, -0.1) is 0 Å². The van der Waals surface area contributed by atoms with E-state index in [2.05, 4.69) is 115 Å². The molecule has 4 aromatic rings. The molecule has 0 aromatic heterocycles. The minimum atomic E-state index is -0.847. The van der Waals surface area contributed by atoms with Crippen LogP contribution in [0.5, 0.6) is 11.5 Å². The Labute approximate surface area is 277 Å². The monoisotopic (exact) mass is 630 g/mol. The second-order valence-electron chi connectivity index (χ2n) is 11.9. The Bertz CT molecular complexity index is 1740. The summed E-state index contributed by atoms with van der Waals surface area (Å²) in [5.74, 6) is 0.478. The minimum absolute atomic E-state index is 0.0807. The first-order valence-corrected chi connectivity index (χ1v) is 15.8. The molecule has 0 N–H and O–H groups in total. The predicted octanol–water partition coefficient (Wildman–Crippen LogP) is 8.12. The van der Waals surface area contributed by atoms with E-state index in [-0.39, 0.29) is 26.4 Å². The highest BCUT2D eigenvalue weighted by Gasteiger charge is 2.50. The molecule has 0 amide bonds. The van der Waals surface area contributed by atoms with E-state index in [1.54, 1.807) is 0 Å². The Hall–Kier alpha value is -5.10. The van der Waals surface area contributed by atoms with E-state index >= 15 is 0 Å². The number of carbonyl (C=O) groups excluding carboxylic acids is 2. The van der Waals surface area contributed by atoms with Gasteiger partial charge in [-0.05, 0) is 97.2 Å². The number of hydrogen-bond acceptors (Lipinski definition) is 6. The van der Waals surface area contributed by atoms with Crippen LogP contribution in [0, 0.1) is 41.5 Å². The third kappa shape index (κ3) is 5.85. The maximum absolute atomic E-state index is 11.8. The highest BCUT2D eigenvalue weighted by Crippen LogP contribution is 2.60. The number of ether oxygens (including phenoxy) is 4. The molecule has 0 unspecified atom stereocenters. The van der Waals surface area contributed by atoms with E-state index in [9.17, 15) is 9.59 Å². The largest absolute Gasteiger partial charge is 0.489 e. The molecule has 47 heavy (non-hydrogen) atoms. The Morgan fingerprint density at radius 3 is 1.34 bits per heavy atom. The predicted molar refractivity (Wildman–Crippen MR) is 185 cm³/mol. The van der Waals surface area contributed by atoms with Crippen LogP contribution in [0.25, 0.3) is 11.1 Å². The van der Waals surface area contributed by atoms with Gasteiger partial charge in [0.1, 0.15) is 37.9 Å². The molecule has 6 nitrogen and oxygen atoms in total. The van der Waals surface area contributed by atoms with Crippen LogP contribution >= 0.6 is 0 Å². The van der Waals surface area contributed by atoms with E-state index in [1.807, 2.05) is 0 Å². The fraction of sp³-hybridized carbons (Fsp3) is 0.268. The van der Waals surface area contributed by atoms with Gasteiger partial charge in [-0.2, -0.15) is 0 Å². The Morgan fingerprint density at radius 1 is 0.574 bits per heavy atom. The fourth-order valence-electron chi connectivity index (χ4n) is 6.70. The van der Waals surface area contributed by atoms with Crippen LogP contribution in [0.1, 0.15) is 55.6 Å². The number of esters is 2. The third-order valence-corrected chi connectivity index (χ3v) is 9.44. The van der Waals surface area contributed by atoms with Crippen LogP contribution in [-0.4, -0.2) is 38.4 Å². The topological polar surface area (TPSA) is 71.1 Å². The number of carbonyl (C=O) groups is 2. The lowest BCUT2D eigenvalue weighted by molar-refractivity contribution is -0.139. The van der Waals surface area contributed by atoms with E-state index in [1.165, 1.54) is 0 Å². The summed E-state index contributed by atoms with van der Waals surface area (Å²) >= 11 is 0. The Kier molecular flexibility index (Phi) is 9.71. The number of aryl methyl sites for hydroxylation is 2. The van der Waals surface area contributed by atoms with Gasteiger partial charge in [0, 0.05) is 23.3 Å². The van der Waals surface area contributed by atoms with Crippen molar-refractivity contribution >= 4 is 11.9 Å². The van der Waals surface area contributed by atoms with Gasteiger partial charge in [-0.25, -0.2) is 9.59 Å².